The van der Waals surface area contributed by atoms with E-state index < -0.39 is 0 Å². The van der Waals surface area contributed by atoms with Crippen molar-refractivity contribution >= 4 is 61.2 Å². The zero-order valence-electron chi connectivity index (χ0n) is 22.6. The molecule has 4 bridgehead atoms. The van der Waals surface area contributed by atoms with Crippen LogP contribution in [0.1, 0.15) is 22.5 Å². The molecule has 5 nitrogen and oxygen atoms in total. The van der Waals surface area contributed by atoms with Crippen molar-refractivity contribution in [3.05, 3.63) is 125 Å². The number of hydrogen-bond donors (Lipinski definition) is 2. The summed E-state index contributed by atoms with van der Waals surface area (Å²) in [5.41, 5.74) is 10.7. The maximum Gasteiger partial charge on any atom is 0.184 e. The third-order valence-corrected chi connectivity index (χ3v) is 7.92. The molecule has 0 radical (unpaired) electrons. The van der Waals surface area contributed by atoms with Gasteiger partial charge in [-0.05, 0) is 87.5 Å². The maximum absolute atomic E-state index is 6.43. The fraction of sp³-hybridized carbons (Fsp3) is 0. The molecule has 0 saturated carbocycles. The van der Waals surface area contributed by atoms with Crippen LogP contribution in [0.25, 0.3) is 69.1 Å². The van der Waals surface area contributed by atoms with E-state index in [1.165, 1.54) is 0 Å². The molecule has 8 heteroatoms. The van der Waals surface area contributed by atoms with Crippen LogP contribution in [0, 0.1) is 0 Å². The Hall–Kier alpha value is -4.56. The smallest absolute Gasteiger partial charge is 0.184 e. The van der Waals surface area contributed by atoms with E-state index in [1.54, 1.807) is 12.4 Å². The van der Waals surface area contributed by atoms with Crippen LogP contribution in [0.4, 0.5) is 0 Å². The SMILES string of the molecule is Sc1ccc(-c2ccc(-c3cc4c(-c5cnc(-c6cnc(S)nc6)nc5)cc3/C=C\c3cc(Cl)cc(n3)/C=C\4)cc2)cc1. The van der Waals surface area contributed by atoms with Gasteiger partial charge in [0.2, 0.25) is 0 Å². The van der Waals surface area contributed by atoms with Gasteiger partial charge in [0, 0.05) is 40.3 Å². The number of aromatic nitrogens is 5. The molecule has 2 aliphatic heterocycles. The highest BCUT2D eigenvalue weighted by Gasteiger charge is 2.14. The second-order valence-electron chi connectivity index (χ2n) is 10.0. The molecule has 0 fully saturated rings. The quantitative estimate of drug-likeness (QED) is 0.153. The van der Waals surface area contributed by atoms with Gasteiger partial charge in [0.25, 0.3) is 0 Å². The van der Waals surface area contributed by atoms with Crippen molar-refractivity contribution in [1.29, 1.82) is 0 Å². The minimum absolute atomic E-state index is 0.401. The third-order valence-electron chi connectivity index (χ3n) is 7.17. The van der Waals surface area contributed by atoms with Crippen LogP contribution in [0.3, 0.4) is 0 Å². The topological polar surface area (TPSA) is 64.5 Å². The van der Waals surface area contributed by atoms with Gasteiger partial charge >= 0.3 is 0 Å². The summed E-state index contributed by atoms with van der Waals surface area (Å²) in [6.45, 7) is 0. The molecule has 0 spiro atoms. The zero-order chi connectivity index (χ0) is 29.3. The minimum Gasteiger partial charge on any atom is -0.249 e. The summed E-state index contributed by atoms with van der Waals surface area (Å²) in [5.74, 6) is 0.544. The minimum atomic E-state index is 0.401. The van der Waals surface area contributed by atoms with E-state index in [1.807, 2.05) is 48.8 Å². The molecule has 43 heavy (non-hydrogen) atoms. The highest BCUT2D eigenvalue weighted by molar-refractivity contribution is 7.80. The van der Waals surface area contributed by atoms with Gasteiger partial charge in [0.05, 0.1) is 17.0 Å². The van der Waals surface area contributed by atoms with Gasteiger partial charge < -0.3 is 0 Å². The Balaban J connectivity index is 1.34. The number of halogens is 1. The van der Waals surface area contributed by atoms with Crippen molar-refractivity contribution in [2.75, 3.05) is 0 Å². The van der Waals surface area contributed by atoms with E-state index in [0.29, 0.717) is 16.0 Å². The van der Waals surface area contributed by atoms with Crippen LogP contribution >= 0.6 is 36.9 Å². The normalized spacial score (nSPS) is 13.4. The molecule has 0 amide bonds. The van der Waals surface area contributed by atoms with E-state index in [0.717, 1.165) is 66.4 Å². The summed E-state index contributed by atoms with van der Waals surface area (Å²) in [6, 6.07) is 24.9. The average Bonchev–Trinajstić information content (AvgIpc) is 3.07. The van der Waals surface area contributed by atoms with Gasteiger partial charge in [-0.15, -0.1) is 25.3 Å². The largest absolute Gasteiger partial charge is 0.249 e. The Kier molecular flexibility index (Phi) is 7.37. The lowest BCUT2D eigenvalue weighted by Crippen LogP contribution is -1.95. The molecule has 0 saturated heterocycles. The van der Waals surface area contributed by atoms with Gasteiger partial charge in [0.15, 0.2) is 11.0 Å². The van der Waals surface area contributed by atoms with Gasteiger partial charge in [-0.25, -0.2) is 24.9 Å². The fourth-order valence-electron chi connectivity index (χ4n) is 5.02. The summed E-state index contributed by atoms with van der Waals surface area (Å²) in [4.78, 5) is 23.2. The Morgan fingerprint density at radius 2 is 0.977 bits per heavy atom. The first-order valence-corrected chi connectivity index (χ1v) is 14.7. The van der Waals surface area contributed by atoms with E-state index in [-0.39, 0.29) is 0 Å². The van der Waals surface area contributed by atoms with Crippen molar-refractivity contribution in [2.45, 2.75) is 10.1 Å². The maximum atomic E-state index is 6.43. The molecule has 2 aliphatic rings. The molecular formula is C35H22ClN5S2. The summed E-state index contributed by atoms with van der Waals surface area (Å²) < 4.78 is 0. The number of nitrogens with zero attached hydrogens (tertiary/aromatic N) is 5. The second-order valence-corrected chi connectivity index (χ2v) is 11.4. The Morgan fingerprint density at radius 1 is 0.488 bits per heavy atom. The van der Waals surface area contributed by atoms with Crippen molar-refractivity contribution in [3.63, 3.8) is 0 Å². The predicted octanol–water partition coefficient (Wildman–Crippen LogP) is 9.21. The lowest BCUT2D eigenvalue weighted by atomic mass is 9.90. The predicted molar refractivity (Wildman–Crippen MR) is 181 cm³/mol. The number of thiol groups is 2. The first-order chi connectivity index (χ1) is 21.0. The van der Waals surface area contributed by atoms with Crippen LogP contribution in [-0.2, 0) is 0 Å². The number of benzene rings is 3. The number of hydrogen-bond acceptors (Lipinski definition) is 7. The van der Waals surface area contributed by atoms with Crippen molar-refractivity contribution in [3.8, 4) is 44.8 Å². The summed E-state index contributed by atoms with van der Waals surface area (Å²) in [6.07, 6.45) is 15.1. The first-order valence-electron chi connectivity index (χ1n) is 13.4. The number of rotatable bonds is 4. The Bertz CT molecular complexity index is 1880. The average molecular weight is 612 g/mol. The third kappa shape index (κ3) is 5.88. The van der Waals surface area contributed by atoms with Crippen molar-refractivity contribution in [1.82, 2.24) is 24.9 Å². The van der Waals surface area contributed by atoms with Crippen LogP contribution in [-0.4, -0.2) is 24.9 Å². The molecule has 0 atom stereocenters. The van der Waals surface area contributed by atoms with Crippen LogP contribution in [0.2, 0.25) is 5.02 Å². The van der Waals surface area contributed by atoms with Gasteiger partial charge in [-0.1, -0.05) is 60.2 Å². The van der Waals surface area contributed by atoms with Crippen LogP contribution < -0.4 is 0 Å². The molecule has 8 rings (SSSR count). The molecule has 0 N–H and O–H groups in total. The van der Waals surface area contributed by atoms with E-state index in [4.69, 9.17) is 16.6 Å². The Morgan fingerprint density at radius 3 is 1.56 bits per heavy atom. The molecule has 0 unspecified atom stereocenters. The first kappa shape index (κ1) is 27.3. The lowest BCUT2D eigenvalue weighted by Gasteiger charge is -2.14. The molecule has 0 aliphatic carbocycles. The summed E-state index contributed by atoms with van der Waals surface area (Å²) >= 11 is 15.0. The summed E-state index contributed by atoms with van der Waals surface area (Å²) in [5, 5.41) is 1.04. The number of pyridine rings is 1. The molecule has 3 aromatic carbocycles. The summed E-state index contributed by atoms with van der Waals surface area (Å²) in [7, 11) is 0. The highest BCUT2D eigenvalue weighted by atomic mass is 35.5. The lowest BCUT2D eigenvalue weighted by molar-refractivity contribution is 0.970. The van der Waals surface area contributed by atoms with Crippen LogP contribution in [0.5, 0.6) is 0 Å². The van der Waals surface area contributed by atoms with E-state index in [9.17, 15) is 0 Å². The van der Waals surface area contributed by atoms with Crippen molar-refractivity contribution in [2.24, 2.45) is 0 Å². The number of fused-ring (bicyclic) bond motifs is 2. The molecule has 206 valence electrons. The standard InChI is InChI=1S/C35H22ClN5S2/c36-28-15-29-9-5-24-14-33(26-17-37-34(38-18-26)27-19-39-35(43)40-20-27)25(6-10-30(16-28)41-29)13-32(24)23-3-1-21(2-4-23)22-7-11-31(42)12-8-22/h1-20,42H,(H,39,40,43)/b9-5-,10-6-. The second kappa shape index (κ2) is 11.6. The molecule has 3 aromatic heterocycles. The molecular weight excluding hydrogens is 590 g/mol. The molecule has 6 aromatic rings. The van der Waals surface area contributed by atoms with Crippen molar-refractivity contribution < 1.29 is 0 Å². The molecule has 5 heterocycles. The zero-order valence-corrected chi connectivity index (χ0v) is 25.1. The monoisotopic (exact) mass is 611 g/mol. The van der Waals surface area contributed by atoms with E-state index >= 15 is 0 Å². The Labute approximate surface area is 265 Å². The van der Waals surface area contributed by atoms with E-state index in [2.05, 4.69) is 106 Å². The fourth-order valence-corrected chi connectivity index (χ4v) is 5.50. The van der Waals surface area contributed by atoms with Gasteiger partial charge in [-0.3, -0.25) is 0 Å². The highest BCUT2D eigenvalue weighted by Crippen LogP contribution is 2.36. The van der Waals surface area contributed by atoms with Crippen LogP contribution in [0.15, 0.2) is 108 Å². The van der Waals surface area contributed by atoms with Gasteiger partial charge in [-0.2, -0.15) is 0 Å². The van der Waals surface area contributed by atoms with Gasteiger partial charge in [0.1, 0.15) is 0 Å².